The molecule has 1 amide bonds. The number of phenols is 1. The van der Waals surface area contributed by atoms with E-state index in [9.17, 15) is 18.7 Å². The maximum atomic E-state index is 13.2. The second kappa shape index (κ2) is 7.54. The lowest BCUT2D eigenvalue weighted by molar-refractivity contribution is 0.0641. The first-order valence-corrected chi connectivity index (χ1v) is 7.63. The minimum Gasteiger partial charge on any atom is -0.503 e. The summed E-state index contributed by atoms with van der Waals surface area (Å²) >= 11 is 0. The van der Waals surface area contributed by atoms with Gasteiger partial charge in [0.1, 0.15) is 0 Å². The fourth-order valence-corrected chi connectivity index (χ4v) is 2.89. The van der Waals surface area contributed by atoms with Crippen molar-refractivity contribution in [1.29, 1.82) is 0 Å². The van der Waals surface area contributed by atoms with Crippen LogP contribution in [0.3, 0.4) is 0 Å². The van der Waals surface area contributed by atoms with Crippen molar-refractivity contribution in [2.45, 2.75) is 44.6 Å². The van der Waals surface area contributed by atoms with E-state index >= 15 is 0 Å². The zero-order valence-corrected chi connectivity index (χ0v) is 12.3. The van der Waals surface area contributed by atoms with E-state index in [-0.39, 0.29) is 17.6 Å². The summed E-state index contributed by atoms with van der Waals surface area (Å²) in [5, 5.41) is 21.4. The van der Waals surface area contributed by atoms with Crippen molar-refractivity contribution in [2.75, 3.05) is 6.54 Å². The van der Waals surface area contributed by atoms with E-state index in [1.165, 1.54) is 0 Å². The van der Waals surface area contributed by atoms with Gasteiger partial charge in [0.25, 0.3) is 5.91 Å². The number of amides is 1. The number of carbonyl (C=O) groups is 1. The van der Waals surface area contributed by atoms with Crippen LogP contribution in [-0.4, -0.2) is 28.8 Å². The van der Waals surface area contributed by atoms with E-state index in [2.05, 4.69) is 5.32 Å². The van der Waals surface area contributed by atoms with Crippen LogP contribution in [0.15, 0.2) is 12.1 Å². The summed E-state index contributed by atoms with van der Waals surface area (Å²) < 4.78 is 26.4. The first-order valence-electron chi connectivity index (χ1n) is 7.63. The number of aromatic hydroxyl groups is 1. The molecule has 2 atom stereocenters. The molecule has 0 aromatic heterocycles. The number of benzene rings is 1. The van der Waals surface area contributed by atoms with Crippen molar-refractivity contribution in [2.24, 2.45) is 5.92 Å². The standard InChI is InChI=1S/C16H21F2NO3/c17-12-8-11(9-13(18)15(12)21)16(22)19-7-3-5-10-4-1-2-6-14(10)20/h8-10,14,20-21H,1-7H2,(H,19,22)/t10-,14+/m1/s1. The molecule has 2 rings (SSSR count). The molecule has 3 N–H and O–H groups in total. The lowest BCUT2D eigenvalue weighted by Crippen LogP contribution is -2.28. The van der Waals surface area contributed by atoms with Crippen molar-refractivity contribution < 1.29 is 23.8 Å². The predicted molar refractivity (Wildman–Crippen MR) is 77.6 cm³/mol. The molecule has 1 aromatic carbocycles. The third-order valence-corrected chi connectivity index (χ3v) is 4.19. The molecule has 0 aliphatic heterocycles. The molecule has 0 bridgehead atoms. The van der Waals surface area contributed by atoms with E-state index in [0.717, 1.165) is 44.2 Å². The van der Waals surface area contributed by atoms with Gasteiger partial charge in [-0.15, -0.1) is 0 Å². The maximum absolute atomic E-state index is 13.2. The van der Waals surface area contributed by atoms with E-state index in [0.29, 0.717) is 13.0 Å². The molecule has 0 radical (unpaired) electrons. The Bertz CT molecular complexity index is 513. The van der Waals surface area contributed by atoms with Crippen LogP contribution in [0.25, 0.3) is 0 Å². The Hall–Kier alpha value is -1.69. The molecule has 6 heteroatoms. The summed E-state index contributed by atoms with van der Waals surface area (Å²) in [5.74, 6) is -3.70. The second-order valence-corrected chi connectivity index (χ2v) is 5.80. The third-order valence-electron chi connectivity index (χ3n) is 4.19. The zero-order valence-electron chi connectivity index (χ0n) is 12.3. The lowest BCUT2D eigenvalue weighted by atomic mass is 9.83. The van der Waals surface area contributed by atoms with Crippen molar-refractivity contribution in [1.82, 2.24) is 5.32 Å². The molecule has 0 saturated heterocycles. The second-order valence-electron chi connectivity index (χ2n) is 5.80. The van der Waals surface area contributed by atoms with Gasteiger partial charge in [-0.05, 0) is 43.7 Å². The summed E-state index contributed by atoms with van der Waals surface area (Å²) in [4.78, 5) is 11.8. The molecule has 22 heavy (non-hydrogen) atoms. The summed E-state index contributed by atoms with van der Waals surface area (Å²) in [6.07, 6.45) is 5.29. The highest BCUT2D eigenvalue weighted by Crippen LogP contribution is 2.27. The minimum absolute atomic E-state index is 0.162. The molecule has 4 nitrogen and oxygen atoms in total. The molecule has 1 aliphatic rings. The average molecular weight is 313 g/mol. The van der Waals surface area contributed by atoms with Gasteiger partial charge < -0.3 is 15.5 Å². The fourth-order valence-electron chi connectivity index (χ4n) is 2.89. The number of hydrogen-bond donors (Lipinski definition) is 3. The summed E-state index contributed by atoms with van der Waals surface area (Å²) in [6, 6.07) is 1.61. The number of carbonyl (C=O) groups excluding carboxylic acids is 1. The Morgan fingerprint density at radius 1 is 1.23 bits per heavy atom. The van der Waals surface area contributed by atoms with Crippen molar-refractivity contribution in [3.05, 3.63) is 29.3 Å². The van der Waals surface area contributed by atoms with Crippen LogP contribution in [0.1, 0.15) is 48.9 Å². The number of halogens is 2. The van der Waals surface area contributed by atoms with Gasteiger partial charge in [0.15, 0.2) is 17.4 Å². The van der Waals surface area contributed by atoms with Crippen molar-refractivity contribution in [3.63, 3.8) is 0 Å². The fraction of sp³-hybridized carbons (Fsp3) is 0.562. The quantitative estimate of drug-likeness (QED) is 0.732. The molecule has 1 aliphatic carbocycles. The highest BCUT2D eigenvalue weighted by atomic mass is 19.1. The van der Waals surface area contributed by atoms with Gasteiger partial charge in [0.05, 0.1) is 6.10 Å². The lowest BCUT2D eigenvalue weighted by Gasteiger charge is -2.27. The van der Waals surface area contributed by atoms with Crippen LogP contribution >= 0.6 is 0 Å². The Kier molecular flexibility index (Phi) is 5.71. The Morgan fingerprint density at radius 3 is 2.50 bits per heavy atom. The number of nitrogens with one attached hydrogen (secondary N) is 1. The largest absolute Gasteiger partial charge is 0.503 e. The first-order chi connectivity index (χ1) is 10.5. The Morgan fingerprint density at radius 2 is 1.86 bits per heavy atom. The van der Waals surface area contributed by atoms with Crippen LogP contribution in [0.2, 0.25) is 0 Å². The molecule has 0 heterocycles. The van der Waals surface area contributed by atoms with Crippen molar-refractivity contribution >= 4 is 5.91 Å². The number of hydrogen-bond acceptors (Lipinski definition) is 3. The Labute approximate surface area is 128 Å². The monoisotopic (exact) mass is 313 g/mol. The van der Waals surface area contributed by atoms with Gasteiger partial charge in [-0.3, -0.25) is 4.79 Å². The smallest absolute Gasteiger partial charge is 0.251 e. The van der Waals surface area contributed by atoms with Crippen LogP contribution in [-0.2, 0) is 0 Å². The van der Waals surface area contributed by atoms with Crippen LogP contribution < -0.4 is 5.32 Å². The summed E-state index contributed by atoms with van der Waals surface area (Å²) in [5.41, 5.74) is -0.162. The van der Waals surface area contributed by atoms with Gasteiger partial charge in [0, 0.05) is 12.1 Å². The van der Waals surface area contributed by atoms with Crippen molar-refractivity contribution in [3.8, 4) is 5.75 Å². The number of aliphatic hydroxyl groups excluding tert-OH is 1. The molecular formula is C16H21F2NO3. The molecular weight excluding hydrogens is 292 g/mol. The summed E-state index contributed by atoms with van der Waals surface area (Å²) in [6.45, 7) is 0.381. The number of phenolic OH excluding ortho intramolecular Hbond substituents is 1. The molecule has 1 aromatic rings. The third kappa shape index (κ3) is 4.16. The molecule has 1 fully saturated rings. The average Bonchev–Trinajstić information content (AvgIpc) is 2.50. The minimum atomic E-state index is -1.16. The first kappa shape index (κ1) is 16.7. The van der Waals surface area contributed by atoms with Gasteiger partial charge in [0.2, 0.25) is 0 Å². The topological polar surface area (TPSA) is 69.6 Å². The molecule has 0 spiro atoms. The molecule has 122 valence electrons. The zero-order chi connectivity index (χ0) is 16.1. The van der Waals surface area contributed by atoms with Gasteiger partial charge in [-0.25, -0.2) is 8.78 Å². The van der Waals surface area contributed by atoms with Crippen LogP contribution in [0.4, 0.5) is 8.78 Å². The van der Waals surface area contributed by atoms with Gasteiger partial charge >= 0.3 is 0 Å². The van der Waals surface area contributed by atoms with Gasteiger partial charge in [-0.2, -0.15) is 0 Å². The van der Waals surface area contributed by atoms with E-state index < -0.39 is 23.3 Å². The predicted octanol–water partition coefficient (Wildman–Crippen LogP) is 2.73. The van der Waals surface area contributed by atoms with Crippen LogP contribution in [0, 0.1) is 17.6 Å². The molecule has 1 saturated carbocycles. The SMILES string of the molecule is O=C(NCCC[C@H]1CCCC[C@@H]1O)c1cc(F)c(O)c(F)c1. The van der Waals surface area contributed by atoms with E-state index in [1.54, 1.807) is 0 Å². The van der Waals surface area contributed by atoms with E-state index in [4.69, 9.17) is 5.11 Å². The highest BCUT2D eigenvalue weighted by Gasteiger charge is 2.22. The number of aliphatic hydroxyl groups is 1. The van der Waals surface area contributed by atoms with E-state index in [1.807, 2.05) is 0 Å². The van der Waals surface area contributed by atoms with Gasteiger partial charge in [-0.1, -0.05) is 12.8 Å². The van der Waals surface area contributed by atoms with Crippen LogP contribution in [0.5, 0.6) is 5.75 Å². The maximum Gasteiger partial charge on any atom is 0.251 e. The highest BCUT2D eigenvalue weighted by molar-refractivity contribution is 5.94. The Balaban J connectivity index is 1.78. The molecule has 0 unspecified atom stereocenters. The normalized spacial score (nSPS) is 21.6. The summed E-state index contributed by atoms with van der Waals surface area (Å²) in [7, 11) is 0. The number of rotatable bonds is 5.